The molecule has 2 aromatic carbocycles. The lowest BCUT2D eigenvalue weighted by atomic mass is 9.85. The lowest BCUT2D eigenvalue weighted by Crippen LogP contribution is -2.16. The van der Waals surface area contributed by atoms with E-state index in [9.17, 15) is 9.59 Å². The predicted molar refractivity (Wildman–Crippen MR) is 162 cm³/mol. The van der Waals surface area contributed by atoms with E-state index in [0.717, 1.165) is 59.8 Å². The van der Waals surface area contributed by atoms with Gasteiger partial charge in [0.1, 0.15) is 13.2 Å². The van der Waals surface area contributed by atoms with Crippen LogP contribution in [0.4, 0.5) is 0 Å². The molecule has 0 saturated heterocycles. The molecule has 0 bridgehead atoms. The van der Waals surface area contributed by atoms with Crippen LogP contribution in [0.1, 0.15) is 77.3 Å². The van der Waals surface area contributed by atoms with E-state index in [0.29, 0.717) is 26.1 Å². The van der Waals surface area contributed by atoms with Gasteiger partial charge in [0.2, 0.25) is 0 Å². The first-order valence-corrected chi connectivity index (χ1v) is 16.0. The molecule has 0 radical (unpaired) electrons. The SMILES string of the molecule is CC(C)(CCSCCSCCC(C)(C)CCC(=O)OCc1ccccc1)CCC(=O)OCc1ccccc1. The quantitative estimate of drug-likeness (QED) is 0.128. The fraction of sp³-hybridized carbons (Fsp3) is 0.562. The van der Waals surface area contributed by atoms with Gasteiger partial charge in [-0.25, -0.2) is 0 Å². The van der Waals surface area contributed by atoms with Crippen LogP contribution in [0, 0.1) is 10.8 Å². The molecule has 2 aromatic rings. The first kappa shape index (κ1) is 32.3. The van der Waals surface area contributed by atoms with Crippen LogP contribution in [0.15, 0.2) is 60.7 Å². The highest BCUT2D eigenvalue weighted by Gasteiger charge is 2.21. The molecule has 0 amide bonds. The van der Waals surface area contributed by atoms with E-state index < -0.39 is 0 Å². The molecular formula is C32H46O4S2. The molecule has 0 heterocycles. The number of thioether (sulfide) groups is 2. The monoisotopic (exact) mass is 558 g/mol. The first-order chi connectivity index (χ1) is 18.2. The molecule has 0 spiro atoms. The van der Waals surface area contributed by atoms with Gasteiger partial charge < -0.3 is 9.47 Å². The van der Waals surface area contributed by atoms with E-state index in [1.165, 1.54) is 0 Å². The minimum Gasteiger partial charge on any atom is -0.461 e. The molecule has 0 fully saturated rings. The van der Waals surface area contributed by atoms with E-state index in [4.69, 9.17) is 9.47 Å². The third-order valence-corrected chi connectivity index (χ3v) is 8.95. The van der Waals surface area contributed by atoms with Crippen LogP contribution < -0.4 is 0 Å². The van der Waals surface area contributed by atoms with E-state index in [1.807, 2.05) is 84.2 Å². The molecule has 0 aromatic heterocycles. The number of benzene rings is 2. The molecule has 0 aliphatic carbocycles. The summed E-state index contributed by atoms with van der Waals surface area (Å²) in [6, 6.07) is 19.6. The van der Waals surface area contributed by atoms with Crippen molar-refractivity contribution in [1.82, 2.24) is 0 Å². The predicted octanol–water partition coefficient (Wildman–Crippen LogP) is 8.33. The zero-order chi connectivity index (χ0) is 27.7. The summed E-state index contributed by atoms with van der Waals surface area (Å²) in [5.41, 5.74) is 2.32. The van der Waals surface area contributed by atoms with Crippen molar-refractivity contribution in [2.75, 3.05) is 23.0 Å². The Morgan fingerprint density at radius 2 is 0.947 bits per heavy atom. The van der Waals surface area contributed by atoms with Crippen molar-refractivity contribution < 1.29 is 19.1 Å². The van der Waals surface area contributed by atoms with Crippen LogP contribution in [0.25, 0.3) is 0 Å². The van der Waals surface area contributed by atoms with Crippen molar-refractivity contribution in [3.05, 3.63) is 71.8 Å². The number of hydrogen-bond acceptors (Lipinski definition) is 6. The number of carbonyl (C=O) groups excluding carboxylic acids is 2. The Morgan fingerprint density at radius 3 is 1.32 bits per heavy atom. The highest BCUT2D eigenvalue weighted by Crippen LogP contribution is 2.30. The third kappa shape index (κ3) is 15.5. The van der Waals surface area contributed by atoms with Crippen molar-refractivity contribution in [1.29, 1.82) is 0 Å². The van der Waals surface area contributed by atoms with Gasteiger partial charge >= 0.3 is 11.9 Å². The van der Waals surface area contributed by atoms with Crippen LogP contribution >= 0.6 is 23.5 Å². The Balaban J connectivity index is 1.45. The number of hydrogen-bond donors (Lipinski definition) is 0. The Labute approximate surface area is 239 Å². The third-order valence-electron chi connectivity index (χ3n) is 6.72. The molecule has 4 nitrogen and oxygen atoms in total. The van der Waals surface area contributed by atoms with E-state index in [-0.39, 0.29) is 22.8 Å². The highest BCUT2D eigenvalue weighted by molar-refractivity contribution is 8.02. The summed E-state index contributed by atoms with van der Waals surface area (Å²) in [6.45, 7) is 9.68. The fourth-order valence-corrected chi connectivity index (χ4v) is 6.52. The normalized spacial score (nSPS) is 11.8. The Bertz CT molecular complexity index is 851. The molecule has 6 heteroatoms. The molecular weight excluding hydrogens is 512 g/mol. The van der Waals surface area contributed by atoms with Gasteiger partial charge in [-0.3, -0.25) is 9.59 Å². The molecule has 0 aliphatic heterocycles. The van der Waals surface area contributed by atoms with E-state index in [1.54, 1.807) is 0 Å². The topological polar surface area (TPSA) is 52.6 Å². The average Bonchev–Trinajstić information content (AvgIpc) is 2.91. The fourth-order valence-electron chi connectivity index (χ4n) is 3.77. The summed E-state index contributed by atoms with van der Waals surface area (Å²) in [5.74, 6) is 4.29. The van der Waals surface area contributed by atoms with Crippen molar-refractivity contribution in [2.24, 2.45) is 10.8 Å². The Hall–Kier alpha value is -1.92. The summed E-state index contributed by atoms with van der Waals surface area (Å²) in [5, 5.41) is 0. The zero-order valence-electron chi connectivity index (χ0n) is 23.7. The minimum atomic E-state index is -0.113. The standard InChI is InChI=1S/C32H46O4S2/c1-31(2,17-15-29(33)35-25-27-11-7-5-8-12-27)19-21-37-23-24-38-22-20-32(3,4)18-16-30(34)36-26-28-13-9-6-10-14-28/h5-14H,15-26H2,1-4H3. The summed E-state index contributed by atoms with van der Waals surface area (Å²) in [7, 11) is 0. The first-order valence-electron chi connectivity index (χ1n) is 13.7. The Morgan fingerprint density at radius 1 is 0.579 bits per heavy atom. The van der Waals surface area contributed by atoms with Gasteiger partial charge in [0, 0.05) is 24.3 Å². The molecule has 0 atom stereocenters. The van der Waals surface area contributed by atoms with Crippen molar-refractivity contribution in [2.45, 2.75) is 79.4 Å². The average molecular weight is 559 g/mol. The van der Waals surface area contributed by atoms with Crippen LogP contribution in [0.3, 0.4) is 0 Å². The van der Waals surface area contributed by atoms with Crippen molar-refractivity contribution in [3.63, 3.8) is 0 Å². The molecule has 210 valence electrons. The maximum absolute atomic E-state index is 12.1. The smallest absolute Gasteiger partial charge is 0.306 e. The molecule has 0 N–H and O–H groups in total. The number of carbonyl (C=O) groups is 2. The van der Waals surface area contributed by atoms with Gasteiger partial charge in [0.05, 0.1) is 0 Å². The molecule has 0 unspecified atom stereocenters. The summed E-state index contributed by atoms with van der Waals surface area (Å²) in [6.07, 6.45) is 4.85. The second-order valence-corrected chi connectivity index (χ2v) is 13.8. The van der Waals surface area contributed by atoms with Gasteiger partial charge in [0.15, 0.2) is 0 Å². The van der Waals surface area contributed by atoms with Crippen LogP contribution in [0.2, 0.25) is 0 Å². The summed E-state index contributed by atoms with van der Waals surface area (Å²) in [4.78, 5) is 24.2. The van der Waals surface area contributed by atoms with Crippen LogP contribution in [0.5, 0.6) is 0 Å². The summed E-state index contributed by atoms with van der Waals surface area (Å²) >= 11 is 4.00. The van der Waals surface area contributed by atoms with E-state index >= 15 is 0 Å². The van der Waals surface area contributed by atoms with Crippen LogP contribution in [-0.4, -0.2) is 35.0 Å². The minimum absolute atomic E-state index is 0.113. The van der Waals surface area contributed by atoms with Gasteiger partial charge in [0.25, 0.3) is 0 Å². The largest absolute Gasteiger partial charge is 0.461 e. The molecule has 2 rings (SSSR count). The van der Waals surface area contributed by atoms with Gasteiger partial charge in [-0.1, -0.05) is 88.4 Å². The molecule has 0 saturated carbocycles. The van der Waals surface area contributed by atoms with Gasteiger partial charge in [-0.05, 0) is 59.1 Å². The molecule has 38 heavy (non-hydrogen) atoms. The lowest BCUT2D eigenvalue weighted by molar-refractivity contribution is -0.146. The maximum atomic E-state index is 12.1. The zero-order valence-corrected chi connectivity index (χ0v) is 25.3. The Kier molecular flexibility index (Phi) is 15.0. The highest BCUT2D eigenvalue weighted by atomic mass is 32.2. The van der Waals surface area contributed by atoms with Crippen molar-refractivity contribution in [3.8, 4) is 0 Å². The van der Waals surface area contributed by atoms with Crippen molar-refractivity contribution >= 4 is 35.5 Å². The number of rotatable bonds is 19. The maximum Gasteiger partial charge on any atom is 0.306 e. The molecule has 0 aliphatic rings. The second kappa shape index (κ2) is 17.6. The van der Waals surface area contributed by atoms with E-state index in [2.05, 4.69) is 27.7 Å². The summed E-state index contributed by atoms with van der Waals surface area (Å²) < 4.78 is 10.8. The van der Waals surface area contributed by atoms with Gasteiger partial charge in [-0.2, -0.15) is 23.5 Å². The van der Waals surface area contributed by atoms with Gasteiger partial charge in [-0.15, -0.1) is 0 Å². The van der Waals surface area contributed by atoms with Crippen LogP contribution in [-0.2, 0) is 32.3 Å². The number of ether oxygens (including phenoxy) is 2. The second-order valence-electron chi connectivity index (χ2n) is 11.3. The number of esters is 2. The lowest BCUT2D eigenvalue weighted by Gasteiger charge is -2.24.